The van der Waals surface area contributed by atoms with Gasteiger partial charge in [-0.05, 0) is 19.6 Å². The lowest BCUT2D eigenvalue weighted by molar-refractivity contribution is -0.183. The Labute approximate surface area is 78.1 Å². The third-order valence-corrected chi connectivity index (χ3v) is 2.45. The first-order valence-corrected chi connectivity index (χ1v) is 6.66. The first-order chi connectivity index (χ1) is 5.88. The highest BCUT2D eigenvalue weighted by Gasteiger charge is 2.26. The maximum Gasteiger partial charge on any atom is 0.107 e. The average molecular weight is 213 g/mol. The predicted molar refractivity (Wildman–Crippen MR) is 46.5 cm³/mol. The summed E-state index contributed by atoms with van der Waals surface area (Å²) < 4.78 is 17.0. The van der Waals surface area contributed by atoms with Gasteiger partial charge in [0.1, 0.15) is 6.10 Å². The second kappa shape index (κ2) is 4.13. The lowest BCUT2D eigenvalue weighted by atomic mass is 10.2. The number of rotatable bonds is 3. The van der Waals surface area contributed by atoms with Crippen molar-refractivity contribution in [3.63, 3.8) is 0 Å². The van der Waals surface area contributed by atoms with Crippen LogP contribution in [0.25, 0.3) is 0 Å². The van der Waals surface area contributed by atoms with E-state index in [1.807, 2.05) is 0 Å². The van der Waals surface area contributed by atoms with Crippen LogP contribution in [-0.4, -0.2) is 37.2 Å². The van der Waals surface area contributed by atoms with Crippen LogP contribution in [0.2, 0.25) is 0 Å². The summed E-state index contributed by atoms with van der Waals surface area (Å²) in [6, 6.07) is 0. The van der Waals surface area contributed by atoms with Crippen LogP contribution in [0.4, 0.5) is 0 Å². The number of aliphatic hydroxyl groups excluding tert-OH is 1. The minimum atomic E-state index is -2.93. The van der Waals surface area contributed by atoms with E-state index < -0.39 is 25.3 Å². The van der Waals surface area contributed by atoms with Crippen LogP contribution in [0, 0.1) is 0 Å². The van der Waals surface area contributed by atoms with E-state index in [1.165, 1.54) is 6.66 Å². The van der Waals surface area contributed by atoms with Crippen molar-refractivity contribution >= 4 is 18.3 Å². The molecule has 0 aromatic heterocycles. The lowest BCUT2D eigenvalue weighted by Crippen LogP contribution is -2.26. The molecule has 0 aromatic rings. The van der Waals surface area contributed by atoms with Crippen molar-refractivity contribution in [3.8, 4) is 0 Å². The van der Waals surface area contributed by atoms with E-state index in [0.717, 1.165) is 0 Å². The molecule has 2 unspecified atom stereocenters. The molecule has 1 rings (SSSR count). The number of hydrogen-bond acceptors (Lipinski definition) is 5. The van der Waals surface area contributed by atoms with Gasteiger partial charge in [0, 0.05) is 6.58 Å². The molecule has 0 bridgehead atoms. The van der Waals surface area contributed by atoms with Gasteiger partial charge in [0.05, 0.1) is 14.1 Å². The third-order valence-electron chi connectivity index (χ3n) is 1.51. The zero-order valence-electron chi connectivity index (χ0n) is 7.67. The van der Waals surface area contributed by atoms with Crippen LogP contribution < -0.4 is 4.89 Å². The molecule has 0 amide bonds. The smallest absolute Gasteiger partial charge is 0.107 e. The van der Waals surface area contributed by atoms with Gasteiger partial charge in [-0.15, -0.1) is 0 Å². The highest BCUT2D eigenvalue weighted by atomic mass is 32.5. The fourth-order valence-corrected chi connectivity index (χ4v) is 1.48. The molecule has 4 atom stereocenters. The first-order valence-electron chi connectivity index (χ1n) is 4.15. The Bertz CT molecular complexity index is 221. The fraction of sp³-hybridized carbons (Fsp3) is 1.00. The Morgan fingerprint density at radius 1 is 2.00 bits per heavy atom. The van der Waals surface area contributed by atoms with Crippen LogP contribution in [0.1, 0.15) is 7.79 Å². The molecule has 1 aliphatic heterocycles. The van der Waals surface area contributed by atoms with Gasteiger partial charge in [0.25, 0.3) is 0 Å². The predicted octanol–water partition coefficient (Wildman–Crippen LogP) is -0.548. The average Bonchev–Trinajstić information content (AvgIpc) is 2.24. The Balaban J connectivity index is 2.34. The Kier molecular flexibility index (Phi) is 3.12. The summed E-state index contributed by atoms with van der Waals surface area (Å²) >= 11 is 4.54. The van der Waals surface area contributed by atoms with Crippen LogP contribution in [0.15, 0.2) is 0 Å². The molecule has 0 saturated carbocycles. The molecule has 1 heterocycles. The van der Waals surface area contributed by atoms with Crippen LogP contribution in [0.5, 0.6) is 0 Å². The summed E-state index contributed by atoms with van der Waals surface area (Å²) in [5, 5.41) is 9.31. The zero-order valence-corrected chi connectivity index (χ0v) is 8.38. The van der Waals surface area contributed by atoms with Gasteiger partial charge < -0.3 is 19.3 Å². The monoisotopic (exact) mass is 213 g/mol. The third kappa shape index (κ3) is 3.47. The van der Waals surface area contributed by atoms with Gasteiger partial charge in [0.15, 0.2) is 0 Å². The van der Waals surface area contributed by atoms with Gasteiger partial charge in [-0.2, -0.15) is 0 Å². The van der Waals surface area contributed by atoms with Gasteiger partial charge in [-0.1, -0.05) is 11.8 Å². The van der Waals surface area contributed by atoms with Crippen molar-refractivity contribution in [2.24, 2.45) is 0 Å². The molecule has 12 heavy (non-hydrogen) atoms. The molecule has 0 aromatic carbocycles. The van der Waals surface area contributed by atoms with Gasteiger partial charge in [0.2, 0.25) is 0 Å². The van der Waals surface area contributed by atoms with Crippen molar-refractivity contribution in [2.75, 3.05) is 19.9 Å². The van der Waals surface area contributed by atoms with Crippen molar-refractivity contribution in [2.45, 2.75) is 18.6 Å². The summed E-state index contributed by atoms with van der Waals surface area (Å²) in [7, 11) is 0. The highest BCUT2D eigenvalue weighted by molar-refractivity contribution is 8.08. The van der Waals surface area contributed by atoms with E-state index in [1.54, 1.807) is 0 Å². The molecule has 1 fully saturated rings. The molecule has 1 aliphatic rings. The lowest BCUT2D eigenvalue weighted by Gasteiger charge is -2.25. The Morgan fingerprint density at radius 2 is 2.67 bits per heavy atom. The summed E-state index contributed by atoms with van der Waals surface area (Å²) in [6.07, 6.45) is -1.03. The summed E-state index contributed by atoms with van der Waals surface area (Å²) in [6.45, 7) is -2.34. The molecule has 1 saturated heterocycles. The summed E-state index contributed by atoms with van der Waals surface area (Å²) in [5.41, 5.74) is 0. The number of ether oxygens (including phenoxy) is 1. The largest absolute Gasteiger partial charge is 0.801 e. The minimum absolute atomic E-state index is 0.00613. The Hall–Kier alpha value is 0.490. The fourth-order valence-electron chi connectivity index (χ4n) is 0.879. The van der Waals surface area contributed by atoms with E-state index >= 15 is 0 Å². The molecule has 6 heteroatoms. The molecular formula is C6H12O4PS-. The van der Waals surface area contributed by atoms with Gasteiger partial charge in [-0.3, -0.25) is 0 Å². The summed E-state index contributed by atoms with van der Waals surface area (Å²) in [4.78, 5) is 11.0. The van der Waals surface area contributed by atoms with Crippen LogP contribution >= 0.6 is 6.49 Å². The van der Waals surface area contributed by atoms with E-state index in [9.17, 15) is 10.00 Å². The van der Waals surface area contributed by atoms with E-state index in [4.69, 9.17) is 10.6 Å². The number of aliphatic hydroxyl groups is 1. The molecular weight excluding hydrogens is 199 g/mol. The van der Waals surface area contributed by atoms with E-state index in [0.29, 0.717) is 0 Å². The van der Waals surface area contributed by atoms with Crippen molar-refractivity contribution in [1.82, 2.24) is 0 Å². The van der Waals surface area contributed by atoms with Crippen LogP contribution in [-0.2, 0) is 21.1 Å². The maximum absolute atomic E-state index is 11.0. The molecule has 72 valence electrons. The molecule has 0 aliphatic carbocycles. The van der Waals surface area contributed by atoms with Gasteiger partial charge in [-0.25, -0.2) is 0 Å². The molecule has 4 nitrogen and oxygen atoms in total. The van der Waals surface area contributed by atoms with Gasteiger partial charge >= 0.3 is 0 Å². The second-order valence-corrected chi connectivity index (χ2v) is 6.50. The Morgan fingerprint density at radius 3 is 3.08 bits per heavy atom. The quantitative estimate of drug-likeness (QED) is 0.637. The molecule has 0 spiro atoms. The van der Waals surface area contributed by atoms with Crippen molar-refractivity contribution < 1.29 is 20.6 Å². The summed E-state index contributed by atoms with van der Waals surface area (Å²) in [5.74, 6) is 0. The van der Waals surface area contributed by atoms with Crippen molar-refractivity contribution in [1.29, 1.82) is 0 Å². The normalized spacial score (nSPS) is 42.2. The number of hydrogen-bond donors (Lipinski definition) is 1. The van der Waals surface area contributed by atoms with E-state index in [2.05, 4.69) is 11.8 Å². The maximum atomic E-state index is 11.0. The van der Waals surface area contributed by atoms with Crippen molar-refractivity contribution in [3.05, 3.63) is 0 Å². The first kappa shape index (κ1) is 9.06. The van der Waals surface area contributed by atoms with Crippen LogP contribution in [0.3, 0.4) is 0 Å². The molecule has 0 radical (unpaired) electrons. The topological polar surface area (TPSA) is 61.8 Å². The molecule has 1 N–H and O–H groups in total. The highest BCUT2D eigenvalue weighted by Crippen LogP contribution is 2.32. The second-order valence-electron chi connectivity index (χ2n) is 2.71. The standard InChI is InChI=1S/C6H13O4PS/c1-11(8,12)10-4-6-5(7)2-3-9-6/h5-7H,2-4H2,1H3,(H,8,12)/p-1/t5-,6-,11?/m1/s1/i3T/t3?,5-,6-,11?. The van der Waals surface area contributed by atoms with E-state index in [-0.39, 0.29) is 13.0 Å². The zero-order chi connectivity index (χ0) is 10.1. The SMILES string of the molecule is [3H]C1C[C@@H](O)[C@@H](COP(C)([O-])=S)O1. The minimum Gasteiger partial charge on any atom is -0.801 e.